The highest BCUT2D eigenvalue weighted by Gasteiger charge is 2.25. The zero-order valence-electron chi connectivity index (χ0n) is 14.0. The summed E-state index contributed by atoms with van der Waals surface area (Å²) in [6, 6.07) is 5.39. The van der Waals surface area contributed by atoms with Crippen LogP contribution in [-0.2, 0) is 14.3 Å². The summed E-state index contributed by atoms with van der Waals surface area (Å²) < 4.78 is 28.5. The third-order valence-corrected chi connectivity index (χ3v) is 4.41. The number of ether oxygens (including phenoxy) is 3. The van der Waals surface area contributed by atoms with Crippen molar-refractivity contribution < 1.29 is 28.2 Å². The highest BCUT2D eigenvalue weighted by atomic mass is 32.1. The maximum Gasteiger partial charge on any atom is 0.423 e. The van der Waals surface area contributed by atoms with Gasteiger partial charge in [0.1, 0.15) is 11.6 Å². The lowest BCUT2D eigenvalue weighted by Crippen LogP contribution is -2.32. The summed E-state index contributed by atoms with van der Waals surface area (Å²) in [5.74, 6) is -2.10. The zero-order chi connectivity index (χ0) is 18.6. The lowest BCUT2D eigenvalue weighted by Gasteiger charge is -2.11. The van der Waals surface area contributed by atoms with E-state index in [9.17, 15) is 14.0 Å². The minimum atomic E-state index is -1.19. The highest BCUT2D eigenvalue weighted by Crippen LogP contribution is 2.43. The van der Waals surface area contributed by atoms with Gasteiger partial charge in [0.15, 0.2) is 12.0 Å². The van der Waals surface area contributed by atoms with Crippen LogP contribution >= 0.6 is 11.3 Å². The van der Waals surface area contributed by atoms with Gasteiger partial charge in [0.2, 0.25) is 5.06 Å². The van der Waals surface area contributed by atoms with Gasteiger partial charge in [-0.3, -0.25) is 5.73 Å². The number of hydrogen-bond donors (Lipinski definition) is 1. The van der Waals surface area contributed by atoms with Crippen molar-refractivity contribution in [1.29, 1.82) is 0 Å². The molecule has 1 heterocycles. The van der Waals surface area contributed by atoms with Gasteiger partial charge < -0.3 is 14.2 Å². The molecule has 0 aliphatic carbocycles. The van der Waals surface area contributed by atoms with E-state index < -0.39 is 24.0 Å². The van der Waals surface area contributed by atoms with Crippen LogP contribution in [0.4, 0.5) is 4.39 Å². The lowest BCUT2D eigenvalue weighted by molar-refractivity contribution is -0.165. The molecule has 2 N–H and O–H groups in total. The van der Waals surface area contributed by atoms with Crippen molar-refractivity contribution in [3.05, 3.63) is 40.5 Å². The van der Waals surface area contributed by atoms with Gasteiger partial charge in [0.25, 0.3) is 0 Å². The molecule has 25 heavy (non-hydrogen) atoms. The van der Waals surface area contributed by atoms with E-state index in [4.69, 9.17) is 19.9 Å². The molecule has 8 heteroatoms. The van der Waals surface area contributed by atoms with Crippen molar-refractivity contribution in [2.75, 3.05) is 0 Å². The molecule has 2 rings (SSSR count). The van der Waals surface area contributed by atoms with Crippen molar-refractivity contribution in [2.45, 2.75) is 33.4 Å². The third-order valence-electron chi connectivity index (χ3n) is 3.35. The number of aryl methyl sites for hydroxylation is 1. The second-order valence-electron chi connectivity index (χ2n) is 5.20. The van der Waals surface area contributed by atoms with Crippen LogP contribution in [0.25, 0.3) is 0 Å². The van der Waals surface area contributed by atoms with E-state index in [2.05, 4.69) is 0 Å². The predicted molar refractivity (Wildman–Crippen MR) is 90.3 cm³/mol. The third kappa shape index (κ3) is 4.77. The van der Waals surface area contributed by atoms with Gasteiger partial charge in [0, 0.05) is 10.4 Å². The van der Waals surface area contributed by atoms with Crippen molar-refractivity contribution in [1.82, 2.24) is 0 Å². The molecule has 0 radical (unpaired) electrons. The zero-order valence-corrected chi connectivity index (χ0v) is 14.8. The maximum absolute atomic E-state index is 13.0. The molecule has 134 valence electrons. The fourth-order valence-electron chi connectivity index (χ4n) is 1.78. The Hall–Kier alpha value is -2.45. The average molecular weight is 367 g/mol. The number of nitrogens with two attached hydrogens (primary N) is 1. The molecule has 0 aliphatic rings. The molecule has 0 saturated carbocycles. The van der Waals surface area contributed by atoms with Crippen molar-refractivity contribution in [3.63, 3.8) is 0 Å². The number of thiophene rings is 1. The first-order valence-electron chi connectivity index (χ1n) is 7.53. The molecule has 1 unspecified atom stereocenters. The van der Waals surface area contributed by atoms with E-state index in [-0.39, 0.29) is 10.8 Å². The lowest BCUT2D eigenvalue weighted by atomic mass is 10.3. The van der Waals surface area contributed by atoms with E-state index in [0.29, 0.717) is 12.2 Å². The normalized spacial score (nSPS) is 11.7. The number of esters is 2. The minimum Gasteiger partial charge on any atom is -0.452 e. The molecule has 6 nitrogen and oxygen atoms in total. The Morgan fingerprint density at radius 1 is 1.20 bits per heavy atom. The van der Waals surface area contributed by atoms with E-state index in [1.807, 2.05) is 6.92 Å². The molecule has 0 fully saturated rings. The number of rotatable bonds is 5. The van der Waals surface area contributed by atoms with Gasteiger partial charge in [-0.1, -0.05) is 18.3 Å². The van der Waals surface area contributed by atoms with Crippen LogP contribution in [0.3, 0.4) is 0 Å². The van der Waals surface area contributed by atoms with Gasteiger partial charge >= 0.3 is 11.9 Å². The quantitative estimate of drug-likeness (QED) is 0.495. The number of hydrogen-bond acceptors (Lipinski definition) is 7. The molecule has 0 bridgehead atoms. The molecule has 0 saturated heterocycles. The van der Waals surface area contributed by atoms with E-state index >= 15 is 0 Å². The highest BCUT2D eigenvalue weighted by molar-refractivity contribution is 7.14. The number of carbonyl (C=O) groups is 2. The van der Waals surface area contributed by atoms with Gasteiger partial charge in [-0.15, -0.1) is 0 Å². The fourth-order valence-corrected chi connectivity index (χ4v) is 2.70. The maximum atomic E-state index is 13.0. The summed E-state index contributed by atoms with van der Waals surface area (Å²) in [7, 11) is 0. The number of carbonyl (C=O) groups excluding carboxylic acids is 2. The van der Waals surface area contributed by atoms with Crippen molar-refractivity contribution in [3.8, 4) is 16.6 Å². The van der Waals surface area contributed by atoms with Crippen LogP contribution in [0.1, 0.15) is 23.8 Å². The number of benzene rings is 1. The summed E-state index contributed by atoms with van der Waals surface area (Å²) in [6.45, 7) is 5.32. The van der Waals surface area contributed by atoms with Crippen molar-refractivity contribution in [2.24, 2.45) is 5.73 Å². The van der Waals surface area contributed by atoms with Crippen LogP contribution in [0, 0.1) is 19.7 Å². The molecule has 2 aromatic rings. The molecule has 1 aromatic carbocycles. The first-order chi connectivity index (χ1) is 11.8. The molecule has 0 aliphatic heterocycles. The molecular formula is C17H18FNO5S. The van der Waals surface area contributed by atoms with Gasteiger partial charge in [-0.2, -0.15) is 0 Å². The Morgan fingerprint density at radius 2 is 1.84 bits per heavy atom. The molecule has 0 spiro atoms. The number of halogens is 1. The monoisotopic (exact) mass is 367 g/mol. The van der Waals surface area contributed by atoms with Crippen molar-refractivity contribution >= 4 is 23.3 Å². The summed E-state index contributed by atoms with van der Waals surface area (Å²) in [6.07, 6.45) is -0.503. The second kappa shape index (κ2) is 8.09. The average Bonchev–Trinajstić information content (AvgIpc) is 2.84. The Kier molecular flexibility index (Phi) is 6.11. The fraction of sp³-hybridized carbons (Fsp3) is 0.294. The SMILES string of the molecule is CCC(N)OC(=O)C(=O)Oc1sc(C)c(C)c1Oc1ccc(F)cc1. The first-order valence-corrected chi connectivity index (χ1v) is 8.35. The van der Waals surface area contributed by atoms with E-state index in [0.717, 1.165) is 21.8 Å². The Balaban J connectivity index is 2.18. The second-order valence-corrected chi connectivity index (χ2v) is 6.38. The van der Waals surface area contributed by atoms with Gasteiger partial charge in [-0.05, 0) is 44.5 Å². The summed E-state index contributed by atoms with van der Waals surface area (Å²) in [5.41, 5.74) is 6.22. The Labute approximate surface area is 148 Å². The molecule has 1 atom stereocenters. The molecule has 0 amide bonds. The van der Waals surface area contributed by atoms with E-state index in [1.165, 1.54) is 24.3 Å². The van der Waals surface area contributed by atoms with Gasteiger partial charge in [-0.25, -0.2) is 14.0 Å². The van der Waals surface area contributed by atoms with Crippen LogP contribution in [0.15, 0.2) is 24.3 Å². The van der Waals surface area contributed by atoms with Crippen LogP contribution in [0.5, 0.6) is 16.6 Å². The largest absolute Gasteiger partial charge is 0.452 e. The molecular weight excluding hydrogens is 349 g/mol. The Bertz CT molecular complexity index is 772. The standard InChI is InChI=1S/C17H18FNO5S/c1-4-13(19)23-15(20)16(21)24-17-14(9(2)10(3)25-17)22-12-7-5-11(18)6-8-12/h5-8,13H,4,19H2,1-3H3. The molecule has 1 aromatic heterocycles. The predicted octanol–water partition coefficient (Wildman–Crippen LogP) is 3.44. The van der Waals surface area contributed by atoms with Crippen LogP contribution in [-0.4, -0.2) is 18.2 Å². The van der Waals surface area contributed by atoms with Crippen LogP contribution in [0.2, 0.25) is 0 Å². The summed E-state index contributed by atoms with van der Waals surface area (Å²) >= 11 is 1.15. The minimum absolute atomic E-state index is 0.117. The van der Waals surface area contributed by atoms with Gasteiger partial charge in [0.05, 0.1) is 0 Å². The Morgan fingerprint density at radius 3 is 2.44 bits per heavy atom. The topological polar surface area (TPSA) is 87.9 Å². The summed E-state index contributed by atoms with van der Waals surface area (Å²) in [5, 5.41) is 0.117. The van der Waals surface area contributed by atoms with Crippen LogP contribution < -0.4 is 15.2 Å². The smallest absolute Gasteiger partial charge is 0.423 e. The first kappa shape index (κ1) is 18.9. The van der Waals surface area contributed by atoms with E-state index in [1.54, 1.807) is 13.8 Å². The summed E-state index contributed by atoms with van der Waals surface area (Å²) in [4.78, 5) is 24.4.